The number of amides is 2. The molecule has 3 heterocycles. The molecule has 2 amide bonds. The summed E-state index contributed by atoms with van der Waals surface area (Å²) in [7, 11) is 0. The lowest BCUT2D eigenvalue weighted by molar-refractivity contribution is 0.122. The third-order valence-electron chi connectivity index (χ3n) is 5.17. The van der Waals surface area contributed by atoms with Gasteiger partial charge in [0, 0.05) is 31.9 Å². The van der Waals surface area contributed by atoms with E-state index in [0.717, 1.165) is 44.8 Å². The smallest absolute Gasteiger partial charge is 0.319 e. The van der Waals surface area contributed by atoms with Crippen molar-refractivity contribution in [3.8, 4) is 5.75 Å². The molecule has 0 saturated carbocycles. The van der Waals surface area contributed by atoms with E-state index in [0.29, 0.717) is 43.2 Å². The summed E-state index contributed by atoms with van der Waals surface area (Å²) in [5.74, 6) is 2.63. The summed E-state index contributed by atoms with van der Waals surface area (Å²) in [6.45, 7) is 7.43. The second kappa shape index (κ2) is 10.3. The highest BCUT2D eigenvalue weighted by atomic mass is 16.5. The summed E-state index contributed by atoms with van der Waals surface area (Å²) in [5.41, 5.74) is 0.684. The average Bonchev–Trinajstić information content (AvgIpc) is 3.35. The van der Waals surface area contributed by atoms with Crippen molar-refractivity contribution in [1.29, 1.82) is 0 Å². The Balaban J connectivity index is 1.41. The van der Waals surface area contributed by atoms with Gasteiger partial charge in [0.15, 0.2) is 5.82 Å². The predicted octanol–water partition coefficient (Wildman–Crippen LogP) is 2.03. The Morgan fingerprint density at radius 3 is 2.29 bits per heavy atom. The quantitative estimate of drug-likeness (QED) is 0.692. The molecule has 166 valence electrons. The fraction of sp³-hybridized carbons (Fsp3) is 0.524. The van der Waals surface area contributed by atoms with Gasteiger partial charge in [-0.05, 0) is 44.0 Å². The molecular weight excluding hydrogens is 398 g/mol. The molecule has 0 radical (unpaired) electrons. The molecule has 2 aromatic rings. The van der Waals surface area contributed by atoms with Gasteiger partial charge in [-0.15, -0.1) is 0 Å². The van der Waals surface area contributed by atoms with E-state index in [-0.39, 0.29) is 12.6 Å². The van der Waals surface area contributed by atoms with Crippen LogP contribution in [0.1, 0.15) is 25.6 Å². The lowest BCUT2D eigenvalue weighted by Gasteiger charge is -2.28. The Morgan fingerprint density at radius 1 is 1.00 bits per heavy atom. The van der Waals surface area contributed by atoms with Gasteiger partial charge in [-0.25, -0.2) is 4.79 Å². The van der Waals surface area contributed by atoms with Crippen molar-refractivity contribution in [3.63, 3.8) is 0 Å². The van der Waals surface area contributed by atoms with Gasteiger partial charge in [0.1, 0.15) is 5.75 Å². The first kappa shape index (κ1) is 21.1. The average molecular weight is 428 g/mol. The summed E-state index contributed by atoms with van der Waals surface area (Å²) < 4.78 is 10.9. The number of anilines is 3. The molecule has 0 bridgehead atoms. The van der Waals surface area contributed by atoms with Crippen molar-refractivity contribution < 1.29 is 14.3 Å². The zero-order chi connectivity index (χ0) is 21.5. The van der Waals surface area contributed by atoms with E-state index in [1.165, 1.54) is 0 Å². The van der Waals surface area contributed by atoms with E-state index in [9.17, 15) is 4.79 Å². The number of morpholine rings is 1. The van der Waals surface area contributed by atoms with E-state index < -0.39 is 0 Å². The highest BCUT2D eigenvalue weighted by molar-refractivity contribution is 5.89. The summed E-state index contributed by atoms with van der Waals surface area (Å²) in [5, 5.41) is 5.65. The van der Waals surface area contributed by atoms with Crippen molar-refractivity contribution in [1.82, 2.24) is 20.3 Å². The van der Waals surface area contributed by atoms with Crippen LogP contribution in [0, 0.1) is 0 Å². The normalized spacial score (nSPS) is 16.3. The molecule has 0 spiro atoms. The molecule has 2 fully saturated rings. The van der Waals surface area contributed by atoms with Crippen LogP contribution in [0.4, 0.5) is 22.4 Å². The number of nitrogens with zero attached hydrogens (tertiary/aromatic N) is 5. The Kier molecular flexibility index (Phi) is 6.98. The van der Waals surface area contributed by atoms with Gasteiger partial charge >= 0.3 is 6.03 Å². The first-order chi connectivity index (χ1) is 15.2. The van der Waals surface area contributed by atoms with Gasteiger partial charge in [-0.1, -0.05) is 0 Å². The first-order valence-corrected chi connectivity index (χ1v) is 10.8. The number of hydrogen-bond acceptors (Lipinski definition) is 8. The van der Waals surface area contributed by atoms with E-state index in [1.54, 1.807) is 12.1 Å². The van der Waals surface area contributed by atoms with Gasteiger partial charge in [-0.2, -0.15) is 15.0 Å². The Morgan fingerprint density at radius 2 is 1.65 bits per heavy atom. The lowest BCUT2D eigenvalue weighted by Crippen LogP contribution is -2.38. The molecule has 0 aliphatic carbocycles. The minimum absolute atomic E-state index is 0.212. The second-order valence-electron chi connectivity index (χ2n) is 7.41. The fourth-order valence-corrected chi connectivity index (χ4v) is 3.57. The van der Waals surface area contributed by atoms with Crippen LogP contribution >= 0.6 is 0 Å². The number of carbonyl (C=O) groups is 1. The summed E-state index contributed by atoms with van der Waals surface area (Å²) in [4.78, 5) is 30.5. The number of benzene rings is 1. The number of urea groups is 1. The van der Waals surface area contributed by atoms with Gasteiger partial charge < -0.3 is 29.9 Å². The van der Waals surface area contributed by atoms with Crippen LogP contribution in [0.15, 0.2) is 24.3 Å². The van der Waals surface area contributed by atoms with Gasteiger partial charge in [0.05, 0.1) is 26.4 Å². The molecule has 31 heavy (non-hydrogen) atoms. The summed E-state index contributed by atoms with van der Waals surface area (Å²) in [6.07, 6.45) is 2.27. The molecule has 1 aromatic heterocycles. The van der Waals surface area contributed by atoms with Crippen molar-refractivity contribution >= 4 is 23.6 Å². The standard InChI is InChI=1S/C21H29N7O3/c1-2-31-17-7-5-16(6-8-17)23-21(29)22-15-18-24-19(27-9-3-4-10-27)26-20(25-18)28-11-13-30-14-12-28/h5-8H,2-4,9-15H2,1H3,(H2,22,23,29). The molecule has 2 saturated heterocycles. The second-order valence-corrected chi connectivity index (χ2v) is 7.41. The lowest BCUT2D eigenvalue weighted by atomic mass is 10.3. The van der Waals surface area contributed by atoms with Crippen molar-refractivity contribution in [2.45, 2.75) is 26.3 Å². The molecule has 10 nitrogen and oxygen atoms in total. The number of nitrogens with one attached hydrogen (secondary N) is 2. The van der Waals surface area contributed by atoms with Crippen molar-refractivity contribution in [3.05, 3.63) is 30.1 Å². The predicted molar refractivity (Wildman–Crippen MR) is 118 cm³/mol. The van der Waals surface area contributed by atoms with Crippen molar-refractivity contribution in [2.75, 3.05) is 61.1 Å². The van der Waals surface area contributed by atoms with Crippen LogP contribution in [-0.2, 0) is 11.3 Å². The largest absolute Gasteiger partial charge is 0.494 e. The van der Waals surface area contributed by atoms with E-state index in [2.05, 4.69) is 30.4 Å². The molecular formula is C21H29N7O3. The summed E-state index contributed by atoms with van der Waals surface area (Å²) >= 11 is 0. The Labute approximate surface area is 182 Å². The van der Waals surface area contributed by atoms with Crippen LogP contribution in [-0.4, -0.2) is 67.0 Å². The fourth-order valence-electron chi connectivity index (χ4n) is 3.57. The minimum Gasteiger partial charge on any atom is -0.494 e. The monoisotopic (exact) mass is 427 g/mol. The SMILES string of the molecule is CCOc1ccc(NC(=O)NCc2nc(N3CCCC3)nc(N3CCOCC3)n2)cc1. The van der Waals surface area contributed by atoms with E-state index in [4.69, 9.17) is 14.5 Å². The maximum absolute atomic E-state index is 12.4. The van der Waals surface area contributed by atoms with Gasteiger partial charge in [0.2, 0.25) is 11.9 Å². The third-order valence-corrected chi connectivity index (χ3v) is 5.17. The highest BCUT2D eigenvalue weighted by Crippen LogP contribution is 2.20. The number of hydrogen-bond donors (Lipinski definition) is 2. The molecule has 4 rings (SSSR count). The van der Waals surface area contributed by atoms with Crippen LogP contribution < -0.4 is 25.2 Å². The number of rotatable bonds is 7. The number of aromatic nitrogens is 3. The zero-order valence-electron chi connectivity index (χ0n) is 17.8. The Hall–Kier alpha value is -3.14. The zero-order valence-corrected chi connectivity index (χ0v) is 17.8. The van der Waals surface area contributed by atoms with Gasteiger partial charge in [0.25, 0.3) is 0 Å². The Bertz CT molecular complexity index is 866. The molecule has 1 aromatic carbocycles. The van der Waals surface area contributed by atoms with E-state index >= 15 is 0 Å². The molecule has 0 atom stereocenters. The number of ether oxygens (including phenoxy) is 2. The molecule has 10 heteroatoms. The molecule has 0 unspecified atom stereocenters. The highest BCUT2D eigenvalue weighted by Gasteiger charge is 2.21. The minimum atomic E-state index is -0.319. The van der Waals surface area contributed by atoms with E-state index in [1.807, 2.05) is 19.1 Å². The first-order valence-electron chi connectivity index (χ1n) is 10.8. The van der Waals surface area contributed by atoms with Crippen LogP contribution in [0.2, 0.25) is 0 Å². The van der Waals surface area contributed by atoms with Gasteiger partial charge in [-0.3, -0.25) is 0 Å². The number of carbonyl (C=O) groups excluding carboxylic acids is 1. The van der Waals surface area contributed by atoms with Crippen LogP contribution in [0.25, 0.3) is 0 Å². The molecule has 2 N–H and O–H groups in total. The molecule has 2 aliphatic heterocycles. The molecule has 2 aliphatic rings. The maximum Gasteiger partial charge on any atom is 0.319 e. The van der Waals surface area contributed by atoms with Crippen molar-refractivity contribution in [2.24, 2.45) is 0 Å². The third kappa shape index (κ3) is 5.72. The van der Waals surface area contributed by atoms with Crippen LogP contribution in [0.5, 0.6) is 5.75 Å². The topological polar surface area (TPSA) is 105 Å². The van der Waals surface area contributed by atoms with Crippen LogP contribution in [0.3, 0.4) is 0 Å². The summed E-state index contributed by atoms with van der Waals surface area (Å²) in [6, 6.07) is 6.93. The maximum atomic E-state index is 12.4.